The molecule has 1 aliphatic heterocycles. The minimum absolute atomic E-state index is 0.799. The van der Waals surface area contributed by atoms with Crippen LogP contribution in [0.5, 0.6) is 5.75 Å². The second-order valence-electron chi connectivity index (χ2n) is 4.48. The molecule has 0 aromatic heterocycles. The summed E-state index contributed by atoms with van der Waals surface area (Å²) in [6.07, 6.45) is 2.17. The molecule has 1 atom stereocenters. The van der Waals surface area contributed by atoms with Crippen LogP contribution in [0.15, 0.2) is 42.5 Å². The fraction of sp³-hybridized carbons (Fsp3) is 0.0667. The normalized spacial score (nSPS) is 15.1. The van der Waals surface area contributed by atoms with Gasteiger partial charge in [-0.2, -0.15) is 0 Å². The van der Waals surface area contributed by atoms with Gasteiger partial charge in [0, 0.05) is 12.1 Å². The predicted molar refractivity (Wildman–Crippen MR) is 84.0 cm³/mol. The molecule has 2 aromatic rings. The van der Waals surface area contributed by atoms with Crippen molar-refractivity contribution in [3.05, 3.63) is 53.6 Å². The molecule has 0 bridgehead atoms. The van der Waals surface area contributed by atoms with Crippen molar-refractivity contribution in [1.29, 1.82) is 0 Å². The van der Waals surface area contributed by atoms with Gasteiger partial charge < -0.3 is 15.6 Å². The lowest BCUT2D eigenvalue weighted by molar-refractivity contribution is 0.646. The van der Waals surface area contributed by atoms with Gasteiger partial charge in [0.15, 0.2) is 0 Å². The number of nitrogen functional groups attached to an aromatic ring is 1. The van der Waals surface area contributed by atoms with Crippen LogP contribution in [0.1, 0.15) is 11.1 Å². The molecule has 3 N–H and O–H groups in total. The number of hydrogen-bond donors (Lipinski definition) is 2. The quantitative estimate of drug-likeness (QED) is 0.649. The third kappa shape index (κ3) is 2.29. The molecule has 3 rings (SSSR count). The summed E-state index contributed by atoms with van der Waals surface area (Å²) in [7, 11) is 2.25. The standard InChI is InChI=1S/C15H15N2OP/c16-14-3-1-2-13-11(9-17-15(13)14)8-10-4-6-12(18-19)7-5-10/h1-8,17H,9,16,19H2. The number of nitrogens with one attached hydrogen (secondary N) is 1. The van der Waals surface area contributed by atoms with Crippen molar-refractivity contribution < 1.29 is 4.52 Å². The molecule has 1 unspecified atom stereocenters. The van der Waals surface area contributed by atoms with Crippen LogP contribution >= 0.6 is 9.47 Å². The number of rotatable bonds is 2. The molecule has 19 heavy (non-hydrogen) atoms. The fourth-order valence-electron chi connectivity index (χ4n) is 2.29. The van der Waals surface area contributed by atoms with Gasteiger partial charge in [-0.25, -0.2) is 0 Å². The first kappa shape index (κ1) is 12.1. The molecule has 3 nitrogen and oxygen atoms in total. The van der Waals surface area contributed by atoms with Crippen molar-refractivity contribution in [1.82, 2.24) is 0 Å². The molecule has 0 fully saturated rings. The highest BCUT2D eigenvalue weighted by Crippen LogP contribution is 2.36. The van der Waals surface area contributed by atoms with E-state index in [0.29, 0.717) is 0 Å². The van der Waals surface area contributed by atoms with Gasteiger partial charge in [-0.1, -0.05) is 24.3 Å². The van der Waals surface area contributed by atoms with Crippen molar-refractivity contribution in [2.24, 2.45) is 0 Å². The molecule has 1 aliphatic rings. The summed E-state index contributed by atoms with van der Waals surface area (Å²) in [5.41, 5.74) is 11.4. The Labute approximate surface area is 114 Å². The SMILES string of the molecule is Nc1cccc2c1NCC2=Cc1ccc(OP)cc1. The summed E-state index contributed by atoms with van der Waals surface area (Å²) in [6, 6.07) is 14.0. The molecule has 0 saturated carbocycles. The van der Waals surface area contributed by atoms with E-state index in [9.17, 15) is 0 Å². The maximum atomic E-state index is 5.96. The summed E-state index contributed by atoms with van der Waals surface area (Å²) in [5, 5.41) is 3.34. The van der Waals surface area contributed by atoms with E-state index in [1.165, 1.54) is 11.1 Å². The van der Waals surface area contributed by atoms with Gasteiger partial charge in [0.2, 0.25) is 0 Å². The van der Waals surface area contributed by atoms with Gasteiger partial charge in [-0.15, -0.1) is 0 Å². The van der Waals surface area contributed by atoms with Crippen LogP contribution in [0.25, 0.3) is 11.6 Å². The third-order valence-corrected chi connectivity index (χ3v) is 3.53. The highest BCUT2D eigenvalue weighted by Gasteiger charge is 2.17. The molecule has 0 radical (unpaired) electrons. The molecule has 0 amide bonds. The predicted octanol–water partition coefficient (Wildman–Crippen LogP) is 3.40. The lowest BCUT2D eigenvalue weighted by atomic mass is 10.0. The topological polar surface area (TPSA) is 47.3 Å². The molecule has 96 valence electrons. The van der Waals surface area contributed by atoms with E-state index in [0.717, 1.165) is 29.2 Å². The smallest absolute Gasteiger partial charge is 0.122 e. The van der Waals surface area contributed by atoms with Crippen molar-refractivity contribution in [3.8, 4) is 5.75 Å². The first-order valence-electron chi connectivity index (χ1n) is 6.08. The average Bonchev–Trinajstić information content (AvgIpc) is 2.84. The van der Waals surface area contributed by atoms with Crippen molar-refractivity contribution in [2.75, 3.05) is 17.6 Å². The molecule has 4 heteroatoms. The highest BCUT2D eigenvalue weighted by atomic mass is 31.0. The summed E-state index contributed by atoms with van der Waals surface area (Å²) in [6.45, 7) is 0.811. The van der Waals surface area contributed by atoms with E-state index in [4.69, 9.17) is 10.3 Å². The number of fused-ring (bicyclic) bond motifs is 1. The second-order valence-corrected chi connectivity index (χ2v) is 4.72. The van der Waals surface area contributed by atoms with Crippen LogP contribution in [0.3, 0.4) is 0 Å². The zero-order valence-electron chi connectivity index (χ0n) is 10.4. The van der Waals surface area contributed by atoms with E-state index >= 15 is 0 Å². The van der Waals surface area contributed by atoms with E-state index in [-0.39, 0.29) is 0 Å². The van der Waals surface area contributed by atoms with Crippen LogP contribution in [0.4, 0.5) is 11.4 Å². The average molecular weight is 270 g/mol. The van der Waals surface area contributed by atoms with E-state index < -0.39 is 0 Å². The van der Waals surface area contributed by atoms with E-state index in [2.05, 4.69) is 26.9 Å². The first-order valence-corrected chi connectivity index (χ1v) is 6.55. The molecule has 1 heterocycles. The van der Waals surface area contributed by atoms with Gasteiger partial charge in [0.1, 0.15) is 5.75 Å². The van der Waals surface area contributed by atoms with Crippen molar-refractivity contribution in [3.63, 3.8) is 0 Å². The lowest BCUT2D eigenvalue weighted by Crippen LogP contribution is -1.95. The van der Waals surface area contributed by atoms with Gasteiger partial charge >= 0.3 is 0 Å². The Kier molecular flexibility index (Phi) is 3.14. The second kappa shape index (κ2) is 4.94. The summed E-state index contributed by atoms with van der Waals surface area (Å²) in [5.74, 6) is 0.835. The fourth-order valence-corrected chi connectivity index (χ4v) is 2.44. The Balaban J connectivity index is 1.96. The molecule has 2 aromatic carbocycles. The van der Waals surface area contributed by atoms with Crippen LogP contribution in [-0.4, -0.2) is 6.54 Å². The monoisotopic (exact) mass is 270 g/mol. The van der Waals surface area contributed by atoms with E-state index in [1.54, 1.807) is 0 Å². The number of nitrogens with two attached hydrogens (primary N) is 1. The van der Waals surface area contributed by atoms with Gasteiger partial charge in [-0.3, -0.25) is 0 Å². The van der Waals surface area contributed by atoms with Crippen molar-refractivity contribution >= 4 is 32.5 Å². The van der Waals surface area contributed by atoms with Crippen molar-refractivity contribution in [2.45, 2.75) is 0 Å². The molecular formula is C15H15N2OP. The number of anilines is 2. The Bertz CT molecular complexity index is 635. The molecular weight excluding hydrogens is 255 g/mol. The van der Waals surface area contributed by atoms with Crippen LogP contribution in [0.2, 0.25) is 0 Å². The Hall–Kier alpha value is -1.99. The summed E-state index contributed by atoms with van der Waals surface area (Å²) in [4.78, 5) is 0. The van der Waals surface area contributed by atoms with Gasteiger partial charge in [-0.05, 0) is 35.4 Å². The molecule has 0 aliphatic carbocycles. The Morgan fingerprint density at radius 1 is 1.16 bits per heavy atom. The lowest BCUT2D eigenvalue weighted by Gasteiger charge is -2.03. The molecule has 0 spiro atoms. The number of para-hydroxylation sites is 1. The summed E-state index contributed by atoms with van der Waals surface area (Å²) < 4.78 is 5.08. The van der Waals surface area contributed by atoms with E-state index in [1.807, 2.05) is 36.4 Å². The van der Waals surface area contributed by atoms with Crippen LogP contribution in [0, 0.1) is 0 Å². The zero-order valence-corrected chi connectivity index (χ0v) is 11.5. The van der Waals surface area contributed by atoms with Crippen LogP contribution in [-0.2, 0) is 0 Å². The highest BCUT2D eigenvalue weighted by molar-refractivity contribution is 7.10. The number of benzene rings is 2. The minimum Gasteiger partial charge on any atom is -0.480 e. The largest absolute Gasteiger partial charge is 0.480 e. The minimum atomic E-state index is 0.799. The zero-order chi connectivity index (χ0) is 13.2. The number of hydrogen-bond acceptors (Lipinski definition) is 3. The summed E-state index contributed by atoms with van der Waals surface area (Å²) >= 11 is 0. The maximum Gasteiger partial charge on any atom is 0.122 e. The maximum absolute atomic E-state index is 5.96. The van der Waals surface area contributed by atoms with Crippen LogP contribution < -0.4 is 15.6 Å². The molecule has 0 saturated heterocycles. The Morgan fingerprint density at radius 2 is 1.95 bits per heavy atom. The third-order valence-electron chi connectivity index (χ3n) is 3.26. The Morgan fingerprint density at radius 3 is 2.68 bits per heavy atom. The van der Waals surface area contributed by atoms with Gasteiger partial charge in [0.25, 0.3) is 0 Å². The van der Waals surface area contributed by atoms with Gasteiger partial charge in [0.05, 0.1) is 20.8 Å². The first-order chi connectivity index (χ1) is 9.28.